The molecular formula is C28H44N4O2. The summed E-state index contributed by atoms with van der Waals surface area (Å²) in [6, 6.07) is 7.92. The van der Waals surface area contributed by atoms with E-state index < -0.39 is 0 Å². The lowest BCUT2D eigenvalue weighted by Gasteiger charge is -2.14. The molecular weight excluding hydrogens is 424 g/mol. The molecule has 6 nitrogen and oxygen atoms in total. The maximum atomic E-state index is 12.3. The zero-order valence-corrected chi connectivity index (χ0v) is 21.2. The molecule has 2 rings (SSSR count). The standard InChI is InChI=1S/C28H44N4O2/c1-4-5-11-22(2)28(34)32-26(21-33)20-24-14-16-25(17-15-24)31-23(3)12-7-6-9-18-29-27-13-8-10-19-30-27/h14-17,20,22,31,33H,3-13,18-19,21H2,1-2H3,(H,29,30)(H,32,34)/b26-20+/t22-/m0/s1. The summed E-state index contributed by atoms with van der Waals surface area (Å²) < 4.78 is 0. The first kappa shape index (κ1) is 27.6. The van der Waals surface area contributed by atoms with E-state index in [1.807, 2.05) is 37.3 Å². The van der Waals surface area contributed by atoms with Gasteiger partial charge in [0.25, 0.3) is 0 Å². The van der Waals surface area contributed by atoms with Gasteiger partial charge >= 0.3 is 0 Å². The predicted octanol–water partition coefficient (Wildman–Crippen LogP) is 5.62. The van der Waals surface area contributed by atoms with Crippen LogP contribution in [0.4, 0.5) is 5.69 Å². The van der Waals surface area contributed by atoms with Crippen LogP contribution in [0, 0.1) is 5.92 Å². The van der Waals surface area contributed by atoms with Crippen molar-refractivity contribution in [2.75, 3.05) is 25.0 Å². The number of anilines is 1. The van der Waals surface area contributed by atoms with Gasteiger partial charge in [-0.1, -0.05) is 51.8 Å². The third-order valence-corrected chi connectivity index (χ3v) is 6.07. The van der Waals surface area contributed by atoms with E-state index in [1.54, 1.807) is 0 Å². The van der Waals surface area contributed by atoms with Crippen molar-refractivity contribution >= 4 is 23.5 Å². The molecule has 188 valence electrons. The number of hydrogen-bond acceptors (Lipinski definition) is 5. The zero-order chi connectivity index (χ0) is 24.6. The van der Waals surface area contributed by atoms with Gasteiger partial charge in [0.05, 0.1) is 12.4 Å². The van der Waals surface area contributed by atoms with Gasteiger partial charge in [0.2, 0.25) is 5.91 Å². The maximum absolute atomic E-state index is 12.3. The minimum Gasteiger partial charge on any atom is -0.390 e. The SMILES string of the molecule is C=C(CCCCCNC1=NCCCC1)Nc1ccc(/C=C(\CO)NC(=O)[C@@H](C)CCCC)cc1. The van der Waals surface area contributed by atoms with Gasteiger partial charge in [-0.2, -0.15) is 0 Å². The van der Waals surface area contributed by atoms with Gasteiger partial charge in [-0.3, -0.25) is 9.79 Å². The molecule has 0 fully saturated rings. The second-order valence-electron chi connectivity index (χ2n) is 9.23. The van der Waals surface area contributed by atoms with Crippen LogP contribution in [0.2, 0.25) is 0 Å². The largest absolute Gasteiger partial charge is 0.390 e. The number of aliphatic hydroxyl groups is 1. The second kappa shape index (κ2) is 16.1. The summed E-state index contributed by atoms with van der Waals surface area (Å²) in [5.74, 6) is 1.09. The molecule has 0 spiro atoms. The number of nitrogens with zero attached hydrogens (tertiary/aromatic N) is 1. The van der Waals surface area contributed by atoms with E-state index >= 15 is 0 Å². The van der Waals surface area contributed by atoms with Crippen LogP contribution in [0.1, 0.15) is 83.6 Å². The van der Waals surface area contributed by atoms with Gasteiger partial charge < -0.3 is 21.1 Å². The van der Waals surface area contributed by atoms with Crippen molar-refractivity contribution in [3.8, 4) is 0 Å². The molecule has 1 atom stereocenters. The Morgan fingerprint density at radius 1 is 1.18 bits per heavy atom. The van der Waals surface area contributed by atoms with E-state index in [2.05, 4.69) is 34.4 Å². The summed E-state index contributed by atoms with van der Waals surface area (Å²) in [6.07, 6.45) is 12.7. The molecule has 34 heavy (non-hydrogen) atoms. The van der Waals surface area contributed by atoms with Crippen molar-refractivity contribution in [2.24, 2.45) is 10.9 Å². The normalized spacial score (nSPS) is 14.8. The average molecular weight is 469 g/mol. The number of unbranched alkanes of at least 4 members (excludes halogenated alkanes) is 3. The lowest BCUT2D eigenvalue weighted by atomic mass is 10.0. The predicted molar refractivity (Wildman–Crippen MR) is 144 cm³/mol. The monoisotopic (exact) mass is 468 g/mol. The van der Waals surface area contributed by atoms with E-state index in [-0.39, 0.29) is 18.4 Å². The van der Waals surface area contributed by atoms with E-state index in [0.717, 1.165) is 81.4 Å². The van der Waals surface area contributed by atoms with Crippen LogP contribution in [0.3, 0.4) is 0 Å². The molecule has 4 N–H and O–H groups in total. The summed E-state index contributed by atoms with van der Waals surface area (Å²) in [6.45, 7) is 9.98. The second-order valence-corrected chi connectivity index (χ2v) is 9.23. The third-order valence-electron chi connectivity index (χ3n) is 6.07. The van der Waals surface area contributed by atoms with Crippen LogP contribution in [-0.2, 0) is 4.79 Å². The highest BCUT2D eigenvalue weighted by molar-refractivity contribution is 5.82. The molecule has 1 aromatic carbocycles. The van der Waals surface area contributed by atoms with Crippen LogP contribution in [-0.4, -0.2) is 36.5 Å². The highest BCUT2D eigenvalue weighted by atomic mass is 16.3. The molecule has 1 aliphatic heterocycles. The molecule has 1 heterocycles. The Bertz CT molecular complexity index is 814. The minimum atomic E-state index is -0.202. The van der Waals surface area contributed by atoms with Crippen LogP contribution in [0.15, 0.2) is 47.2 Å². The summed E-state index contributed by atoms with van der Waals surface area (Å²) in [5.41, 5.74) is 3.44. The first-order valence-corrected chi connectivity index (χ1v) is 13.0. The quantitative estimate of drug-likeness (QED) is 0.252. The average Bonchev–Trinajstić information content (AvgIpc) is 2.85. The molecule has 0 saturated carbocycles. The Morgan fingerprint density at radius 2 is 1.97 bits per heavy atom. The van der Waals surface area contributed by atoms with Gasteiger partial charge in [-0.25, -0.2) is 0 Å². The Kier molecular flexibility index (Phi) is 13.1. The molecule has 1 aliphatic rings. The number of aliphatic hydroxyl groups excluding tert-OH is 1. The molecule has 0 radical (unpaired) electrons. The summed E-state index contributed by atoms with van der Waals surface area (Å²) in [5, 5.41) is 19.4. The van der Waals surface area contributed by atoms with Crippen LogP contribution in [0.5, 0.6) is 0 Å². The number of amidine groups is 1. The fourth-order valence-electron chi connectivity index (χ4n) is 3.89. The zero-order valence-electron chi connectivity index (χ0n) is 21.2. The third kappa shape index (κ3) is 11.0. The Balaban J connectivity index is 1.69. The first-order valence-electron chi connectivity index (χ1n) is 13.0. The highest BCUT2D eigenvalue weighted by Crippen LogP contribution is 2.16. The number of amides is 1. The van der Waals surface area contributed by atoms with E-state index in [9.17, 15) is 9.90 Å². The molecule has 0 aromatic heterocycles. The number of nitrogens with one attached hydrogen (secondary N) is 3. The number of aliphatic imine (C=N–C) groups is 1. The first-order chi connectivity index (χ1) is 16.5. The molecule has 0 saturated heterocycles. The molecule has 6 heteroatoms. The van der Waals surface area contributed by atoms with E-state index in [1.165, 1.54) is 18.7 Å². The van der Waals surface area contributed by atoms with Crippen LogP contribution in [0.25, 0.3) is 6.08 Å². The van der Waals surface area contributed by atoms with Crippen LogP contribution >= 0.6 is 0 Å². The fourth-order valence-corrected chi connectivity index (χ4v) is 3.89. The number of hydrogen-bond donors (Lipinski definition) is 4. The Hall–Kier alpha value is -2.60. The van der Waals surface area contributed by atoms with Gasteiger partial charge in [0.15, 0.2) is 0 Å². The fraction of sp³-hybridized carbons (Fsp3) is 0.571. The van der Waals surface area contributed by atoms with E-state index in [4.69, 9.17) is 0 Å². The highest BCUT2D eigenvalue weighted by Gasteiger charge is 2.13. The van der Waals surface area contributed by atoms with Gasteiger partial charge in [-0.15, -0.1) is 0 Å². The van der Waals surface area contributed by atoms with Gasteiger partial charge in [0.1, 0.15) is 0 Å². The van der Waals surface area contributed by atoms with Crippen LogP contribution < -0.4 is 16.0 Å². The maximum Gasteiger partial charge on any atom is 0.227 e. The van der Waals surface area contributed by atoms with Crippen molar-refractivity contribution in [1.82, 2.24) is 10.6 Å². The molecule has 1 aromatic rings. The smallest absolute Gasteiger partial charge is 0.227 e. The number of carbonyl (C=O) groups excluding carboxylic acids is 1. The number of rotatable bonds is 15. The molecule has 1 amide bonds. The Labute approximate surface area is 206 Å². The molecule has 0 aliphatic carbocycles. The number of allylic oxidation sites excluding steroid dienone is 1. The summed E-state index contributed by atoms with van der Waals surface area (Å²) in [4.78, 5) is 16.8. The number of benzene rings is 1. The molecule has 0 unspecified atom stereocenters. The number of carbonyl (C=O) groups is 1. The van der Waals surface area contributed by atoms with Crippen molar-refractivity contribution in [3.05, 3.63) is 47.8 Å². The Morgan fingerprint density at radius 3 is 2.65 bits per heavy atom. The molecule has 0 bridgehead atoms. The van der Waals surface area contributed by atoms with Crippen molar-refractivity contribution in [1.29, 1.82) is 0 Å². The lowest BCUT2D eigenvalue weighted by molar-refractivity contribution is -0.124. The topological polar surface area (TPSA) is 85.8 Å². The van der Waals surface area contributed by atoms with Crippen molar-refractivity contribution in [2.45, 2.75) is 78.1 Å². The summed E-state index contributed by atoms with van der Waals surface area (Å²) in [7, 11) is 0. The van der Waals surface area contributed by atoms with E-state index in [0.29, 0.717) is 5.70 Å². The van der Waals surface area contributed by atoms with Gasteiger partial charge in [0, 0.05) is 42.5 Å². The summed E-state index contributed by atoms with van der Waals surface area (Å²) >= 11 is 0. The van der Waals surface area contributed by atoms with Crippen molar-refractivity contribution in [3.63, 3.8) is 0 Å². The minimum absolute atomic E-state index is 0.0399. The van der Waals surface area contributed by atoms with Gasteiger partial charge in [-0.05, 0) is 62.3 Å². The lowest BCUT2D eigenvalue weighted by Crippen LogP contribution is -2.29. The van der Waals surface area contributed by atoms with Crippen molar-refractivity contribution < 1.29 is 9.90 Å².